The third-order valence-corrected chi connectivity index (χ3v) is 5.83. The van der Waals surface area contributed by atoms with Crippen molar-refractivity contribution < 1.29 is 9.59 Å². The van der Waals surface area contributed by atoms with E-state index in [2.05, 4.69) is 17.6 Å². The number of nitrogens with one attached hydrogen (secondary N) is 2. The molecule has 3 rings (SSSR count). The lowest BCUT2D eigenvalue weighted by Gasteiger charge is -2.28. The summed E-state index contributed by atoms with van der Waals surface area (Å²) in [6.45, 7) is 7.12. The van der Waals surface area contributed by atoms with Crippen molar-refractivity contribution in [3.63, 3.8) is 0 Å². The van der Waals surface area contributed by atoms with Gasteiger partial charge in [0.2, 0.25) is 11.8 Å². The zero-order valence-corrected chi connectivity index (χ0v) is 17.2. The maximum Gasteiger partial charge on any atom is 0.227 e. The monoisotopic (exact) mass is 393 g/mol. The number of hydrogen-bond acceptors (Lipinski definition) is 3. The molecule has 2 atom stereocenters. The van der Waals surface area contributed by atoms with E-state index in [1.807, 2.05) is 36.1 Å². The van der Waals surface area contributed by atoms with Crippen LogP contribution in [-0.4, -0.2) is 31.4 Å². The molecule has 150 valence electrons. The molecule has 1 aromatic carbocycles. The van der Waals surface area contributed by atoms with Crippen molar-refractivity contribution in [1.29, 1.82) is 0 Å². The van der Waals surface area contributed by atoms with Gasteiger partial charge in [-0.3, -0.25) is 9.59 Å². The standard InChI is InChI=1S/C21H31N3O2.ClH/c1-15(17-8-10-22-11-9-17)13-20(25)23-16(2)18-5-3-6-19(14-18)24-12-4-7-21(24)26;/h3,5-6,14-17,22H,4,7-13H2,1-2H3,(H,23,25);1H. The zero-order valence-electron chi connectivity index (χ0n) is 16.4. The topological polar surface area (TPSA) is 61.4 Å². The molecule has 0 spiro atoms. The van der Waals surface area contributed by atoms with Crippen molar-refractivity contribution in [2.24, 2.45) is 11.8 Å². The number of hydrogen-bond donors (Lipinski definition) is 2. The second-order valence-corrected chi connectivity index (χ2v) is 7.80. The van der Waals surface area contributed by atoms with Gasteiger partial charge in [-0.2, -0.15) is 0 Å². The lowest BCUT2D eigenvalue weighted by Crippen LogP contribution is -2.34. The number of amides is 2. The maximum atomic E-state index is 12.5. The van der Waals surface area contributed by atoms with Crippen LogP contribution in [0.25, 0.3) is 0 Å². The van der Waals surface area contributed by atoms with Crippen LogP contribution in [0.4, 0.5) is 5.69 Å². The quantitative estimate of drug-likeness (QED) is 0.778. The van der Waals surface area contributed by atoms with Crippen LogP contribution in [0.2, 0.25) is 0 Å². The number of halogens is 1. The number of benzene rings is 1. The van der Waals surface area contributed by atoms with Gasteiger partial charge in [-0.15, -0.1) is 12.4 Å². The first-order chi connectivity index (χ1) is 12.5. The van der Waals surface area contributed by atoms with Gasteiger partial charge in [-0.1, -0.05) is 19.1 Å². The minimum absolute atomic E-state index is 0. The van der Waals surface area contributed by atoms with Crippen LogP contribution in [-0.2, 0) is 9.59 Å². The Bertz CT molecular complexity index is 646. The Kier molecular flexibility index (Phi) is 8.11. The third-order valence-electron chi connectivity index (χ3n) is 5.83. The fourth-order valence-corrected chi connectivity index (χ4v) is 4.14. The van der Waals surface area contributed by atoms with Crippen molar-refractivity contribution >= 4 is 29.9 Å². The minimum atomic E-state index is -0.0552. The summed E-state index contributed by atoms with van der Waals surface area (Å²) in [6, 6.07) is 7.94. The highest BCUT2D eigenvalue weighted by molar-refractivity contribution is 5.95. The number of nitrogens with zero attached hydrogens (tertiary/aromatic N) is 1. The summed E-state index contributed by atoms with van der Waals surface area (Å²) in [5.74, 6) is 1.36. The van der Waals surface area contributed by atoms with Crippen LogP contribution < -0.4 is 15.5 Å². The second kappa shape index (κ2) is 10.1. The fraction of sp³-hybridized carbons (Fsp3) is 0.619. The van der Waals surface area contributed by atoms with Crippen LogP contribution in [0.15, 0.2) is 24.3 Å². The molecule has 0 aromatic heterocycles. The number of piperidine rings is 1. The second-order valence-electron chi connectivity index (χ2n) is 7.80. The van der Waals surface area contributed by atoms with Crippen molar-refractivity contribution in [2.45, 2.75) is 52.0 Å². The highest BCUT2D eigenvalue weighted by atomic mass is 35.5. The van der Waals surface area contributed by atoms with Crippen LogP contribution in [0.5, 0.6) is 0 Å². The average Bonchev–Trinajstić information content (AvgIpc) is 3.08. The fourth-order valence-electron chi connectivity index (χ4n) is 4.14. The molecule has 0 aliphatic carbocycles. The number of carbonyl (C=O) groups is 2. The molecular weight excluding hydrogens is 362 g/mol. The molecule has 2 N–H and O–H groups in total. The molecule has 1 aromatic rings. The van der Waals surface area contributed by atoms with Crippen LogP contribution in [0.3, 0.4) is 0 Å². The van der Waals surface area contributed by atoms with Crippen LogP contribution in [0.1, 0.15) is 57.6 Å². The molecule has 2 aliphatic rings. The van der Waals surface area contributed by atoms with Gasteiger partial charge in [0.25, 0.3) is 0 Å². The predicted molar refractivity (Wildman–Crippen MR) is 111 cm³/mol. The van der Waals surface area contributed by atoms with E-state index in [0.717, 1.165) is 50.1 Å². The van der Waals surface area contributed by atoms with E-state index in [-0.39, 0.29) is 30.3 Å². The largest absolute Gasteiger partial charge is 0.350 e. The molecule has 5 nitrogen and oxygen atoms in total. The van der Waals surface area contributed by atoms with E-state index in [4.69, 9.17) is 0 Å². The molecule has 27 heavy (non-hydrogen) atoms. The minimum Gasteiger partial charge on any atom is -0.350 e. The Labute approximate surface area is 168 Å². The Morgan fingerprint density at radius 2 is 2.04 bits per heavy atom. The van der Waals surface area contributed by atoms with Gasteiger partial charge in [-0.25, -0.2) is 0 Å². The lowest BCUT2D eigenvalue weighted by molar-refractivity contribution is -0.123. The molecule has 2 fully saturated rings. The molecule has 2 aliphatic heterocycles. The SMILES string of the molecule is CC(NC(=O)CC(C)C1CCNCC1)c1cccc(N2CCCC2=O)c1.Cl. The van der Waals surface area contributed by atoms with Crippen molar-refractivity contribution in [3.05, 3.63) is 29.8 Å². The third kappa shape index (κ3) is 5.69. The summed E-state index contributed by atoms with van der Waals surface area (Å²) in [7, 11) is 0. The maximum absolute atomic E-state index is 12.5. The summed E-state index contributed by atoms with van der Waals surface area (Å²) in [5, 5.41) is 6.52. The highest BCUT2D eigenvalue weighted by Crippen LogP contribution is 2.26. The van der Waals surface area contributed by atoms with Crippen molar-refractivity contribution in [1.82, 2.24) is 10.6 Å². The van der Waals surface area contributed by atoms with E-state index >= 15 is 0 Å². The summed E-state index contributed by atoms with van der Waals surface area (Å²) >= 11 is 0. The Balaban J connectivity index is 0.00000261. The van der Waals surface area contributed by atoms with Gasteiger partial charge in [0, 0.05) is 25.1 Å². The van der Waals surface area contributed by atoms with Gasteiger partial charge in [-0.05, 0) is 68.8 Å². The number of rotatable bonds is 6. The van der Waals surface area contributed by atoms with E-state index < -0.39 is 0 Å². The Hall–Kier alpha value is -1.59. The summed E-state index contributed by atoms with van der Waals surface area (Å²) in [4.78, 5) is 26.3. The molecule has 0 radical (unpaired) electrons. The molecule has 6 heteroatoms. The predicted octanol–water partition coefficient (Wildman–Crippen LogP) is 3.44. The molecule has 2 saturated heterocycles. The Morgan fingerprint density at radius 1 is 1.30 bits per heavy atom. The van der Waals surface area contributed by atoms with Crippen molar-refractivity contribution in [3.8, 4) is 0 Å². The smallest absolute Gasteiger partial charge is 0.227 e. The summed E-state index contributed by atoms with van der Waals surface area (Å²) < 4.78 is 0. The zero-order chi connectivity index (χ0) is 18.5. The van der Waals surface area contributed by atoms with E-state index in [1.165, 1.54) is 0 Å². The normalized spacial score (nSPS) is 20.1. The first kappa shape index (κ1) is 21.7. The molecule has 2 unspecified atom stereocenters. The first-order valence-corrected chi connectivity index (χ1v) is 9.95. The molecule has 2 heterocycles. The van der Waals surface area contributed by atoms with Gasteiger partial charge >= 0.3 is 0 Å². The molecule has 0 saturated carbocycles. The first-order valence-electron chi connectivity index (χ1n) is 9.95. The average molecular weight is 394 g/mol. The Morgan fingerprint density at radius 3 is 2.70 bits per heavy atom. The van der Waals surface area contributed by atoms with Crippen LogP contribution in [0, 0.1) is 11.8 Å². The summed E-state index contributed by atoms with van der Waals surface area (Å²) in [5.41, 5.74) is 1.99. The highest BCUT2D eigenvalue weighted by Gasteiger charge is 2.24. The van der Waals surface area contributed by atoms with E-state index in [9.17, 15) is 9.59 Å². The summed E-state index contributed by atoms with van der Waals surface area (Å²) in [6.07, 6.45) is 4.46. The van der Waals surface area contributed by atoms with Gasteiger partial charge in [0.05, 0.1) is 6.04 Å². The molecular formula is C21H32ClN3O2. The van der Waals surface area contributed by atoms with Gasteiger partial charge in [0.1, 0.15) is 0 Å². The van der Waals surface area contributed by atoms with Gasteiger partial charge < -0.3 is 15.5 Å². The number of anilines is 1. The van der Waals surface area contributed by atoms with E-state index in [1.54, 1.807) is 0 Å². The molecule has 0 bridgehead atoms. The van der Waals surface area contributed by atoms with Gasteiger partial charge in [0.15, 0.2) is 0 Å². The number of carbonyl (C=O) groups excluding carboxylic acids is 2. The molecule has 2 amide bonds. The van der Waals surface area contributed by atoms with Crippen molar-refractivity contribution in [2.75, 3.05) is 24.5 Å². The van der Waals surface area contributed by atoms with E-state index in [0.29, 0.717) is 24.7 Å². The van der Waals surface area contributed by atoms with Crippen LogP contribution >= 0.6 is 12.4 Å². The lowest BCUT2D eigenvalue weighted by atomic mass is 9.84.